The van der Waals surface area contributed by atoms with E-state index in [1.165, 1.54) is 5.48 Å². The monoisotopic (exact) mass is 313 g/mol. The van der Waals surface area contributed by atoms with E-state index in [9.17, 15) is 14.4 Å². The van der Waals surface area contributed by atoms with Crippen LogP contribution in [-0.4, -0.2) is 34.5 Å². The minimum absolute atomic E-state index is 0.537. The maximum absolute atomic E-state index is 12.6. The summed E-state index contributed by atoms with van der Waals surface area (Å²) in [5.74, 6) is -1.38. The largest absolute Gasteiger partial charge is 0.325 e. The first-order valence-electron chi connectivity index (χ1n) is 7.02. The first-order valence-corrected chi connectivity index (χ1v) is 7.02. The molecule has 23 heavy (non-hydrogen) atoms. The number of benzene rings is 2. The van der Waals surface area contributed by atoms with Crippen LogP contribution in [0.3, 0.4) is 0 Å². The number of hydrogen-bond donors (Lipinski definition) is 3. The number of carbonyl (C=O) groups is 3. The van der Waals surface area contributed by atoms with Crippen molar-refractivity contribution in [3.05, 3.63) is 48.0 Å². The lowest BCUT2D eigenvalue weighted by molar-refractivity contribution is -0.137. The van der Waals surface area contributed by atoms with Crippen LogP contribution in [0.15, 0.2) is 42.5 Å². The molecule has 2 aromatic carbocycles. The molecule has 0 spiro atoms. The lowest BCUT2D eigenvalue weighted by Crippen LogP contribution is -2.42. The van der Waals surface area contributed by atoms with Gasteiger partial charge >= 0.3 is 6.03 Å². The van der Waals surface area contributed by atoms with Crippen molar-refractivity contribution < 1.29 is 19.6 Å². The quantitative estimate of drug-likeness (QED) is 0.449. The summed E-state index contributed by atoms with van der Waals surface area (Å²) in [5.41, 5.74) is 0.785. The first kappa shape index (κ1) is 15.0. The topological polar surface area (TPSA) is 98.7 Å². The van der Waals surface area contributed by atoms with Crippen LogP contribution < -0.4 is 10.8 Å². The Bertz CT molecular complexity index is 820. The summed E-state index contributed by atoms with van der Waals surface area (Å²) in [6.07, 6.45) is 0. The van der Waals surface area contributed by atoms with Gasteiger partial charge < -0.3 is 5.32 Å². The van der Waals surface area contributed by atoms with E-state index in [1.54, 1.807) is 13.0 Å². The highest BCUT2D eigenvalue weighted by molar-refractivity contribution is 6.09. The van der Waals surface area contributed by atoms with E-state index in [0.717, 1.165) is 15.7 Å². The van der Waals surface area contributed by atoms with Gasteiger partial charge in [0.2, 0.25) is 0 Å². The predicted octanol–water partition coefficient (Wildman–Crippen LogP) is 1.11. The number of fused-ring (bicyclic) bond motifs is 1. The molecule has 7 nitrogen and oxygen atoms in total. The molecule has 118 valence electrons. The Hall–Kier alpha value is -2.93. The van der Waals surface area contributed by atoms with Crippen molar-refractivity contribution in [3.8, 4) is 0 Å². The van der Waals surface area contributed by atoms with Gasteiger partial charge in [0.25, 0.3) is 11.8 Å². The minimum Gasteiger partial charge on any atom is -0.319 e. The molecule has 3 rings (SSSR count). The van der Waals surface area contributed by atoms with Crippen molar-refractivity contribution in [2.75, 3.05) is 6.54 Å². The van der Waals surface area contributed by atoms with Gasteiger partial charge in [0.15, 0.2) is 0 Å². The normalized spacial score (nSPS) is 20.7. The molecule has 0 bridgehead atoms. The Morgan fingerprint density at radius 3 is 2.61 bits per heavy atom. The second kappa shape index (κ2) is 5.36. The molecule has 1 atom stereocenters. The van der Waals surface area contributed by atoms with E-state index in [-0.39, 0.29) is 0 Å². The van der Waals surface area contributed by atoms with Crippen molar-refractivity contribution in [2.45, 2.75) is 12.5 Å². The van der Waals surface area contributed by atoms with E-state index >= 15 is 0 Å². The smallest absolute Gasteiger partial charge is 0.319 e. The van der Waals surface area contributed by atoms with Crippen LogP contribution in [0.2, 0.25) is 0 Å². The second-order valence-electron chi connectivity index (χ2n) is 5.54. The number of hydroxylamine groups is 1. The highest BCUT2D eigenvalue weighted by Gasteiger charge is 2.49. The second-order valence-corrected chi connectivity index (χ2v) is 5.54. The number of nitrogens with one attached hydrogen (secondary N) is 2. The van der Waals surface area contributed by atoms with Crippen molar-refractivity contribution >= 4 is 28.6 Å². The van der Waals surface area contributed by atoms with Gasteiger partial charge in [0.05, 0.1) is 0 Å². The average Bonchev–Trinajstić information content (AvgIpc) is 2.78. The summed E-state index contributed by atoms with van der Waals surface area (Å²) in [6, 6.07) is 12.5. The Labute approximate surface area is 131 Å². The molecule has 1 fully saturated rings. The van der Waals surface area contributed by atoms with Gasteiger partial charge in [-0.25, -0.2) is 10.3 Å². The molecule has 0 radical (unpaired) electrons. The van der Waals surface area contributed by atoms with Crippen molar-refractivity contribution in [2.24, 2.45) is 0 Å². The van der Waals surface area contributed by atoms with E-state index < -0.39 is 29.9 Å². The third-order valence-electron chi connectivity index (χ3n) is 4.03. The first-order chi connectivity index (χ1) is 11.0. The minimum atomic E-state index is -1.25. The molecule has 0 saturated carbocycles. The van der Waals surface area contributed by atoms with E-state index in [2.05, 4.69) is 5.32 Å². The average molecular weight is 313 g/mol. The molecule has 1 heterocycles. The number of carbonyl (C=O) groups excluding carboxylic acids is 3. The zero-order valence-corrected chi connectivity index (χ0v) is 12.4. The Balaban J connectivity index is 1.98. The fourth-order valence-corrected chi connectivity index (χ4v) is 2.72. The molecule has 2 aromatic rings. The van der Waals surface area contributed by atoms with Gasteiger partial charge in [-0.15, -0.1) is 0 Å². The number of rotatable bonds is 3. The van der Waals surface area contributed by atoms with Crippen molar-refractivity contribution in [1.82, 2.24) is 15.7 Å². The maximum atomic E-state index is 12.6. The molecule has 0 aliphatic carbocycles. The van der Waals surface area contributed by atoms with E-state index in [0.29, 0.717) is 5.56 Å². The van der Waals surface area contributed by atoms with Crippen molar-refractivity contribution in [1.29, 1.82) is 0 Å². The number of amides is 4. The van der Waals surface area contributed by atoms with Gasteiger partial charge in [0.1, 0.15) is 12.1 Å². The number of imide groups is 1. The molecular weight excluding hydrogens is 298 g/mol. The fourth-order valence-electron chi connectivity index (χ4n) is 2.72. The molecule has 1 aliphatic heterocycles. The van der Waals surface area contributed by atoms with Gasteiger partial charge in [-0.2, -0.15) is 0 Å². The highest BCUT2D eigenvalue weighted by atomic mass is 16.5. The molecular formula is C16H15N3O4. The van der Waals surface area contributed by atoms with Gasteiger partial charge in [-0.05, 0) is 29.3 Å². The van der Waals surface area contributed by atoms with Gasteiger partial charge in [-0.1, -0.05) is 36.4 Å². The summed E-state index contributed by atoms with van der Waals surface area (Å²) in [6.45, 7) is 1.05. The van der Waals surface area contributed by atoms with Crippen LogP contribution >= 0.6 is 0 Å². The van der Waals surface area contributed by atoms with E-state index in [1.807, 2.05) is 36.4 Å². The van der Waals surface area contributed by atoms with E-state index in [4.69, 9.17) is 5.21 Å². The molecule has 1 aliphatic rings. The van der Waals surface area contributed by atoms with Crippen LogP contribution in [0.5, 0.6) is 0 Å². The summed E-state index contributed by atoms with van der Waals surface area (Å²) < 4.78 is 0. The van der Waals surface area contributed by atoms with Crippen LogP contribution in [0.25, 0.3) is 10.8 Å². The van der Waals surface area contributed by atoms with Crippen LogP contribution in [-0.2, 0) is 15.1 Å². The molecule has 4 amide bonds. The lowest BCUT2D eigenvalue weighted by atomic mass is 9.90. The van der Waals surface area contributed by atoms with Crippen LogP contribution in [0.1, 0.15) is 12.5 Å². The van der Waals surface area contributed by atoms with Crippen molar-refractivity contribution in [3.63, 3.8) is 0 Å². The number of nitrogens with zero attached hydrogens (tertiary/aromatic N) is 1. The Morgan fingerprint density at radius 2 is 1.91 bits per heavy atom. The third-order valence-corrected chi connectivity index (χ3v) is 4.03. The Morgan fingerprint density at radius 1 is 1.22 bits per heavy atom. The number of urea groups is 1. The standard InChI is InChI=1S/C16H15N3O4/c1-16(12-7-6-10-4-2-3-5-11(10)8-12)14(21)19(15(22)17-16)9-13(20)18-23/h2-8,23H,9H2,1H3,(H,17,22)(H,18,20)/t16-/m1/s1. The third kappa shape index (κ3) is 2.40. The molecule has 1 saturated heterocycles. The highest BCUT2D eigenvalue weighted by Crippen LogP contribution is 2.30. The summed E-state index contributed by atoms with van der Waals surface area (Å²) in [4.78, 5) is 36.7. The summed E-state index contributed by atoms with van der Waals surface area (Å²) >= 11 is 0. The Kier molecular flexibility index (Phi) is 3.49. The lowest BCUT2D eigenvalue weighted by Gasteiger charge is -2.22. The maximum Gasteiger partial charge on any atom is 0.325 e. The predicted molar refractivity (Wildman–Crippen MR) is 81.5 cm³/mol. The molecule has 7 heteroatoms. The molecule has 0 aromatic heterocycles. The summed E-state index contributed by atoms with van der Waals surface area (Å²) in [5, 5.41) is 13.1. The fraction of sp³-hybridized carbons (Fsp3) is 0.188. The SMILES string of the molecule is C[C@]1(c2ccc3ccccc3c2)NC(=O)N(CC(=O)NO)C1=O. The van der Waals surface area contributed by atoms with Gasteiger partial charge in [-0.3, -0.25) is 19.7 Å². The van der Waals surface area contributed by atoms with Crippen LogP contribution in [0, 0.1) is 0 Å². The van der Waals surface area contributed by atoms with Gasteiger partial charge in [0, 0.05) is 0 Å². The zero-order chi connectivity index (χ0) is 16.6. The summed E-state index contributed by atoms with van der Waals surface area (Å²) in [7, 11) is 0. The molecule has 0 unspecified atom stereocenters. The number of hydrogen-bond acceptors (Lipinski definition) is 4. The molecule has 3 N–H and O–H groups in total. The zero-order valence-electron chi connectivity index (χ0n) is 12.4. The van der Waals surface area contributed by atoms with Crippen LogP contribution in [0.4, 0.5) is 4.79 Å².